The summed E-state index contributed by atoms with van der Waals surface area (Å²) in [6.45, 7) is 0. The maximum absolute atomic E-state index is 9.30. The Balaban J connectivity index is 1.83. The molecule has 1 aromatic heterocycles. The van der Waals surface area contributed by atoms with E-state index in [1.165, 1.54) is 12.8 Å². The zero-order chi connectivity index (χ0) is 13.9. The van der Waals surface area contributed by atoms with Gasteiger partial charge in [-0.25, -0.2) is 0 Å². The number of nitrogens with two attached hydrogens (primary N) is 1. The summed E-state index contributed by atoms with van der Waals surface area (Å²) >= 11 is 0. The molecule has 1 heterocycles. The van der Waals surface area contributed by atoms with E-state index in [-0.39, 0.29) is 17.7 Å². The van der Waals surface area contributed by atoms with Crippen molar-refractivity contribution < 1.29 is 9.63 Å². The van der Waals surface area contributed by atoms with Gasteiger partial charge in [0.25, 0.3) is 0 Å². The Hall–Kier alpha value is -1.88. The standard InChI is InChI=1S/C15H19N3O2/c16-13-5-3-1-2-4-12(13)15-17-14(18-20-15)10-6-8-11(19)9-7-10/h6-9,12-13,19H,1-5,16H2. The van der Waals surface area contributed by atoms with Crippen molar-refractivity contribution in [1.29, 1.82) is 0 Å². The molecule has 1 aliphatic carbocycles. The van der Waals surface area contributed by atoms with Crippen LogP contribution >= 0.6 is 0 Å². The normalized spacial score (nSPS) is 23.4. The molecular formula is C15H19N3O2. The molecule has 0 aliphatic heterocycles. The van der Waals surface area contributed by atoms with Crippen LogP contribution < -0.4 is 5.73 Å². The minimum atomic E-state index is 0.102. The fourth-order valence-corrected chi connectivity index (χ4v) is 2.76. The Bertz CT molecular complexity index is 565. The Morgan fingerprint density at radius 2 is 1.85 bits per heavy atom. The van der Waals surface area contributed by atoms with Gasteiger partial charge in [-0.2, -0.15) is 4.98 Å². The van der Waals surface area contributed by atoms with Gasteiger partial charge >= 0.3 is 0 Å². The molecule has 1 saturated carbocycles. The number of aromatic hydroxyl groups is 1. The van der Waals surface area contributed by atoms with Crippen molar-refractivity contribution >= 4 is 0 Å². The van der Waals surface area contributed by atoms with Crippen LogP contribution in [0.4, 0.5) is 0 Å². The van der Waals surface area contributed by atoms with Gasteiger partial charge in [0.15, 0.2) is 0 Å². The Morgan fingerprint density at radius 3 is 2.65 bits per heavy atom. The molecule has 2 aromatic rings. The molecule has 1 fully saturated rings. The molecular weight excluding hydrogens is 254 g/mol. The SMILES string of the molecule is NC1CCCCCC1c1nc(-c2ccc(O)cc2)no1. The molecule has 0 amide bonds. The van der Waals surface area contributed by atoms with E-state index in [0.717, 1.165) is 24.8 Å². The molecule has 1 aromatic carbocycles. The van der Waals surface area contributed by atoms with Crippen LogP contribution in [-0.4, -0.2) is 21.3 Å². The van der Waals surface area contributed by atoms with E-state index >= 15 is 0 Å². The number of hydrogen-bond donors (Lipinski definition) is 2. The molecule has 0 radical (unpaired) electrons. The van der Waals surface area contributed by atoms with E-state index in [4.69, 9.17) is 10.3 Å². The van der Waals surface area contributed by atoms with Crippen LogP contribution in [0.15, 0.2) is 28.8 Å². The predicted octanol–water partition coefficient (Wildman–Crippen LogP) is 2.82. The van der Waals surface area contributed by atoms with E-state index in [9.17, 15) is 5.11 Å². The molecule has 2 atom stereocenters. The van der Waals surface area contributed by atoms with E-state index in [1.54, 1.807) is 24.3 Å². The number of benzene rings is 1. The molecule has 0 bridgehead atoms. The summed E-state index contributed by atoms with van der Waals surface area (Å²) < 4.78 is 5.41. The lowest BCUT2D eigenvalue weighted by molar-refractivity contribution is 0.326. The van der Waals surface area contributed by atoms with Gasteiger partial charge in [-0.1, -0.05) is 24.4 Å². The number of phenolic OH excluding ortho intramolecular Hbond substituents is 1. The quantitative estimate of drug-likeness (QED) is 0.822. The molecule has 3 rings (SSSR count). The maximum Gasteiger partial charge on any atom is 0.231 e. The predicted molar refractivity (Wildman–Crippen MR) is 75.2 cm³/mol. The van der Waals surface area contributed by atoms with Crippen molar-refractivity contribution in [3.63, 3.8) is 0 Å². The van der Waals surface area contributed by atoms with Crippen molar-refractivity contribution in [2.45, 2.75) is 44.1 Å². The molecule has 1 aliphatic rings. The topological polar surface area (TPSA) is 85.2 Å². The molecule has 0 spiro atoms. The zero-order valence-corrected chi connectivity index (χ0v) is 11.3. The van der Waals surface area contributed by atoms with Crippen molar-refractivity contribution in [3.05, 3.63) is 30.2 Å². The lowest BCUT2D eigenvalue weighted by atomic mass is 9.95. The third-order valence-electron chi connectivity index (χ3n) is 3.95. The smallest absolute Gasteiger partial charge is 0.231 e. The first kappa shape index (κ1) is 13.1. The minimum absolute atomic E-state index is 0.102. The molecule has 0 saturated heterocycles. The van der Waals surface area contributed by atoms with Gasteiger partial charge in [0.2, 0.25) is 11.7 Å². The first-order valence-electron chi connectivity index (χ1n) is 7.12. The van der Waals surface area contributed by atoms with Gasteiger partial charge < -0.3 is 15.4 Å². The Kier molecular flexibility index (Phi) is 3.69. The number of nitrogens with zero attached hydrogens (tertiary/aromatic N) is 2. The maximum atomic E-state index is 9.30. The summed E-state index contributed by atoms with van der Waals surface area (Å²) in [5, 5.41) is 13.3. The molecule has 5 nitrogen and oxygen atoms in total. The van der Waals surface area contributed by atoms with Crippen molar-refractivity contribution in [2.24, 2.45) is 5.73 Å². The van der Waals surface area contributed by atoms with Crippen LogP contribution in [-0.2, 0) is 0 Å². The number of hydrogen-bond acceptors (Lipinski definition) is 5. The number of aromatic nitrogens is 2. The second-order valence-electron chi connectivity index (χ2n) is 5.41. The second-order valence-corrected chi connectivity index (χ2v) is 5.41. The molecule has 5 heteroatoms. The van der Waals surface area contributed by atoms with Crippen LogP contribution in [0.3, 0.4) is 0 Å². The molecule has 2 unspecified atom stereocenters. The summed E-state index contributed by atoms with van der Waals surface area (Å²) in [6, 6.07) is 6.88. The van der Waals surface area contributed by atoms with Crippen molar-refractivity contribution in [3.8, 4) is 17.1 Å². The van der Waals surface area contributed by atoms with Gasteiger partial charge in [-0.3, -0.25) is 0 Å². The summed E-state index contributed by atoms with van der Waals surface area (Å²) in [4.78, 5) is 4.49. The zero-order valence-electron chi connectivity index (χ0n) is 11.3. The summed E-state index contributed by atoms with van der Waals surface area (Å²) in [5.74, 6) is 1.58. The average Bonchev–Trinajstić information content (AvgIpc) is 2.83. The first-order chi connectivity index (χ1) is 9.74. The Morgan fingerprint density at radius 1 is 1.10 bits per heavy atom. The molecule has 106 valence electrons. The van der Waals surface area contributed by atoms with Gasteiger partial charge in [0.1, 0.15) is 5.75 Å². The highest BCUT2D eigenvalue weighted by Crippen LogP contribution is 2.31. The third kappa shape index (κ3) is 2.67. The molecule has 3 N–H and O–H groups in total. The average molecular weight is 273 g/mol. The van der Waals surface area contributed by atoms with Gasteiger partial charge in [0.05, 0.1) is 5.92 Å². The molecule has 20 heavy (non-hydrogen) atoms. The largest absolute Gasteiger partial charge is 0.508 e. The van der Waals surface area contributed by atoms with Crippen molar-refractivity contribution in [1.82, 2.24) is 10.1 Å². The van der Waals surface area contributed by atoms with Crippen LogP contribution in [0.5, 0.6) is 5.75 Å². The van der Waals surface area contributed by atoms with Gasteiger partial charge in [-0.15, -0.1) is 0 Å². The van der Waals surface area contributed by atoms with Crippen LogP contribution in [0, 0.1) is 0 Å². The van der Waals surface area contributed by atoms with E-state index in [2.05, 4.69) is 10.1 Å². The highest BCUT2D eigenvalue weighted by molar-refractivity contribution is 5.55. The first-order valence-corrected chi connectivity index (χ1v) is 7.12. The summed E-state index contributed by atoms with van der Waals surface area (Å²) in [6.07, 6.45) is 5.59. The fraction of sp³-hybridized carbons (Fsp3) is 0.467. The lowest BCUT2D eigenvalue weighted by Crippen LogP contribution is -2.27. The van der Waals surface area contributed by atoms with E-state index < -0.39 is 0 Å². The summed E-state index contributed by atoms with van der Waals surface area (Å²) in [7, 11) is 0. The fourth-order valence-electron chi connectivity index (χ4n) is 2.76. The van der Waals surface area contributed by atoms with Crippen LogP contribution in [0.2, 0.25) is 0 Å². The van der Waals surface area contributed by atoms with Gasteiger partial charge in [0, 0.05) is 11.6 Å². The van der Waals surface area contributed by atoms with Crippen LogP contribution in [0.25, 0.3) is 11.4 Å². The monoisotopic (exact) mass is 273 g/mol. The van der Waals surface area contributed by atoms with E-state index in [1.807, 2.05) is 0 Å². The lowest BCUT2D eigenvalue weighted by Gasteiger charge is -2.16. The Labute approximate surface area is 117 Å². The summed E-state index contributed by atoms with van der Waals surface area (Å²) in [5.41, 5.74) is 7.05. The number of phenols is 1. The van der Waals surface area contributed by atoms with Crippen LogP contribution in [0.1, 0.15) is 43.9 Å². The van der Waals surface area contributed by atoms with Crippen molar-refractivity contribution in [2.75, 3.05) is 0 Å². The van der Waals surface area contributed by atoms with Gasteiger partial charge in [-0.05, 0) is 37.1 Å². The third-order valence-corrected chi connectivity index (χ3v) is 3.95. The minimum Gasteiger partial charge on any atom is -0.508 e. The highest BCUT2D eigenvalue weighted by atomic mass is 16.5. The number of rotatable bonds is 2. The second kappa shape index (κ2) is 5.63. The highest BCUT2D eigenvalue weighted by Gasteiger charge is 2.27. The van der Waals surface area contributed by atoms with E-state index in [0.29, 0.717) is 11.7 Å².